The molecule has 0 spiro atoms. The molecule has 26 heavy (non-hydrogen) atoms. The number of hydrogen-bond acceptors (Lipinski definition) is 5. The molecule has 0 saturated heterocycles. The summed E-state index contributed by atoms with van der Waals surface area (Å²) in [4.78, 5) is -0.187. The lowest BCUT2D eigenvalue weighted by Crippen LogP contribution is -2.29. The molecule has 2 rings (SSSR count). The molecule has 1 atom stereocenters. The summed E-state index contributed by atoms with van der Waals surface area (Å²) in [5.41, 5.74) is 0.707. The number of sulfonamides is 1. The van der Waals surface area contributed by atoms with Gasteiger partial charge in [0.2, 0.25) is 10.0 Å². The van der Waals surface area contributed by atoms with Crippen LogP contribution in [0.1, 0.15) is 18.6 Å². The van der Waals surface area contributed by atoms with Gasteiger partial charge >= 0.3 is 0 Å². The lowest BCUT2D eigenvalue weighted by Gasteiger charge is -2.19. The number of rotatable bonds is 9. The van der Waals surface area contributed by atoms with Crippen LogP contribution in [0.5, 0.6) is 11.5 Å². The number of benzene rings is 2. The van der Waals surface area contributed by atoms with Crippen molar-refractivity contribution in [2.75, 3.05) is 27.4 Å². The van der Waals surface area contributed by atoms with E-state index in [2.05, 4.69) is 4.72 Å². The predicted molar refractivity (Wildman–Crippen MR) is 95.5 cm³/mol. The topological polar surface area (TPSA) is 73.9 Å². The first-order valence-electron chi connectivity index (χ1n) is 8.00. The standard InChI is InChI=1S/C18H22FNO5S/c1-4-25-17-10-9-13(11-15(17)19)26(21,22)20-12-18(24-3)14-7-5-6-8-16(14)23-2/h5-11,18,20H,4,12H2,1-3H3. The van der Waals surface area contributed by atoms with E-state index < -0.39 is 21.9 Å². The summed E-state index contributed by atoms with van der Waals surface area (Å²) in [6, 6.07) is 10.7. The van der Waals surface area contributed by atoms with Crippen molar-refractivity contribution in [1.29, 1.82) is 0 Å². The number of nitrogens with one attached hydrogen (secondary N) is 1. The summed E-state index contributed by atoms with van der Waals surface area (Å²) in [6.07, 6.45) is -0.562. The van der Waals surface area contributed by atoms with Crippen LogP contribution >= 0.6 is 0 Å². The second-order valence-corrected chi connectivity index (χ2v) is 7.11. The Bertz CT molecular complexity index is 841. The van der Waals surface area contributed by atoms with Crippen LogP contribution in [0.15, 0.2) is 47.4 Å². The van der Waals surface area contributed by atoms with Crippen molar-refractivity contribution in [3.8, 4) is 11.5 Å². The Hall–Kier alpha value is -2.16. The largest absolute Gasteiger partial charge is 0.496 e. The van der Waals surface area contributed by atoms with Gasteiger partial charge in [0.1, 0.15) is 5.75 Å². The minimum atomic E-state index is -3.91. The fraction of sp³-hybridized carbons (Fsp3) is 0.333. The maximum absolute atomic E-state index is 13.9. The van der Waals surface area contributed by atoms with E-state index in [1.807, 2.05) is 6.07 Å². The van der Waals surface area contributed by atoms with Gasteiger partial charge in [-0.2, -0.15) is 0 Å². The summed E-state index contributed by atoms with van der Waals surface area (Å²) in [6.45, 7) is 1.97. The van der Waals surface area contributed by atoms with Crippen molar-refractivity contribution in [2.45, 2.75) is 17.9 Å². The molecule has 142 valence electrons. The zero-order valence-corrected chi connectivity index (χ0v) is 15.7. The van der Waals surface area contributed by atoms with Crippen molar-refractivity contribution in [3.05, 3.63) is 53.8 Å². The van der Waals surface area contributed by atoms with Crippen molar-refractivity contribution in [1.82, 2.24) is 4.72 Å². The quantitative estimate of drug-likeness (QED) is 0.721. The SMILES string of the molecule is CCOc1ccc(S(=O)(=O)NCC(OC)c2ccccc2OC)cc1F. The first kappa shape index (κ1) is 20.2. The molecule has 1 N–H and O–H groups in total. The minimum Gasteiger partial charge on any atom is -0.496 e. The monoisotopic (exact) mass is 383 g/mol. The molecule has 8 heteroatoms. The molecule has 0 amide bonds. The maximum Gasteiger partial charge on any atom is 0.240 e. The first-order valence-corrected chi connectivity index (χ1v) is 9.49. The van der Waals surface area contributed by atoms with Gasteiger partial charge in [-0.1, -0.05) is 18.2 Å². The van der Waals surface area contributed by atoms with Gasteiger partial charge in [-0.25, -0.2) is 17.5 Å². The molecule has 0 saturated carbocycles. The molecule has 2 aromatic rings. The van der Waals surface area contributed by atoms with Gasteiger partial charge in [0, 0.05) is 19.2 Å². The molecule has 6 nitrogen and oxygen atoms in total. The van der Waals surface area contributed by atoms with Crippen LogP contribution in [-0.4, -0.2) is 35.8 Å². The third-order valence-electron chi connectivity index (χ3n) is 3.74. The lowest BCUT2D eigenvalue weighted by atomic mass is 10.1. The highest BCUT2D eigenvalue weighted by Crippen LogP contribution is 2.27. The summed E-state index contributed by atoms with van der Waals surface area (Å²) in [7, 11) is -0.913. The molecule has 2 aromatic carbocycles. The van der Waals surface area contributed by atoms with Crippen molar-refractivity contribution >= 4 is 10.0 Å². The zero-order chi connectivity index (χ0) is 19.2. The Kier molecular flexibility index (Phi) is 6.96. The zero-order valence-electron chi connectivity index (χ0n) is 14.9. The van der Waals surface area contributed by atoms with E-state index in [0.717, 1.165) is 6.07 Å². The third kappa shape index (κ3) is 4.72. The minimum absolute atomic E-state index is 0.00948. The molecule has 0 heterocycles. The van der Waals surface area contributed by atoms with Crippen LogP contribution in [0.3, 0.4) is 0 Å². The Morgan fingerprint density at radius 1 is 1.12 bits per heavy atom. The van der Waals surface area contributed by atoms with Crippen molar-refractivity contribution < 1.29 is 27.0 Å². The highest BCUT2D eigenvalue weighted by Gasteiger charge is 2.21. The molecule has 0 fully saturated rings. The fourth-order valence-corrected chi connectivity index (χ4v) is 3.49. The van der Waals surface area contributed by atoms with Gasteiger partial charge in [-0.3, -0.25) is 0 Å². The maximum atomic E-state index is 13.9. The first-order chi connectivity index (χ1) is 12.4. The number of hydrogen-bond donors (Lipinski definition) is 1. The normalized spacial score (nSPS) is 12.6. The number of para-hydroxylation sites is 1. The van der Waals surface area contributed by atoms with Crippen LogP contribution in [0.4, 0.5) is 4.39 Å². The predicted octanol–water partition coefficient (Wildman–Crippen LogP) is 2.90. The van der Waals surface area contributed by atoms with Gasteiger partial charge < -0.3 is 14.2 Å². The summed E-state index contributed by atoms with van der Waals surface area (Å²) >= 11 is 0. The van der Waals surface area contributed by atoms with E-state index in [-0.39, 0.29) is 23.8 Å². The van der Waals surface area contributed by atoms with Crippen LogP contribution in [0, 0.1) is 5.82 Å². The lowest BCUT2D eigenvalue weighted by molar-refractivity contribution is 0.105. The van der Waals surface area contributed by atoms with Gasteiger partial charge in [-0.15, -0.1) is 0 Å². The molecular formula is C18H22FNO5S. The molecule has 0 bridgehead atoms. The number of ether oxygens (including phenoxy) is 3. The molecule has 0 aliphatic carbocycles. The Morgan fingerprint density at radius 3 is 2.46 bits per heavy atom. The van der Waals surface area contributed by atoms with Gasteiger partial charge in [0.15, 0.2) is 11.6 Å². The van der Waals surface area contributed by atoms with Crippen LogP contribution < -0.4 is 14.2 Å². The van der Waals surface area contributed by atoms with E-state index in [1.54, 1.807) is 25.1 Å². The smallest absolute Gasteiger partial charge is 0.240 e. The molecule has 1 unspecified atom stereocenters. The third-order valence-corrected chi connectivity index (χ3v) is 5.16. The van der Waals surface area contributed by atoms with Crippen LogP contribution in [-0.2, 0) is 14.8 Å². The van der Waals surface area contributed by atoms with Crippen molar-refractivity contribution in [2.24, 2.45) is 0 Å². The van der Waals surface area contributed by atoms with E-state index in [4.69, 9.17) is 14.2 Å². The highest BCUT2D eigenvalue weighted by atomic mass is 32.2. The van der Waals surface area contributed by atoms with Crippen molar-refractivity contribution in [3.63, 3.8) is 0 Å². The van der Waals surface area contributed by atoms with E-state index >= 15 is 0 Å². The summed E-state index contributed by atoms with van der Waals surface area (Å²) in [5.74, 6) is -0.136. The van der Waals surface area contributed by atoms with Gasteiger partial charge in [-0.05, 0) is 31.2 Å². The second-order valence-electron chi connectivity index (χ2n) is 5.34. The highest BCUT2D eigenvalue weighted by molar-refractivity contribution is 7.89. The average molecular weight is 383 g/mol. The van der Waals surface area contributed by atoms with E-state index in [0.29, 0.717) is 11.3 Å². The summed E-state index contributed by atoms with van der Waals surface area (Å²) < 4.78 is 57.0. The Morgan fingerprint density at radius 2 is 1.85 bits per heavy atom. The Labute approximate surface area is 152 Å². The second kappa shape index (κ2) is 8.98. The number of halogens is 1. The van der Waals surface area contributed by atoms with E-state index in [9.17, 15) is 12.8 Å². The van der Waals surface area contributed by atoms with Crippen LogP contribution in [0.2, 0.25) is 0 Å². The molecule has 0 aliphatic heterocycles. The summed E-state index contributed by atoms with van der Waals surface area (Å²) in [5, 5.41) is 0. The fourth-order valence-electron chi connectivity index (χ4n) is 2.44. The Balaban J connectivity index is 2.17. The molecule has 0 aromatic heterocycles. The van der Waals surface area contributed by atoms with Gasteiger partial charge in [0.25, 0.3) is 0 Å². The average Bonchev–Trinajstić information content (AvgIpc) is 2.64. The number of methoxy groups -OCH3 is 2. The van der Waals surface area contributed by atoms with E-state index in [1.165, 1.54) is 26.4 Å². The van der Waals surface area contributed by atoms with Gasteiger partial charge in [0.05, 0.1) is 24.7 Å². The molecule has 0 aliphatic rings. The van der Waals surface area contributed by atoms with Crippen LogP contribution in [0.25, 0.3) is 0 Å². The molecular weight excluding hydrogens is 361 g/mol. The molecule has 0 radical (unpaired) electrons.